The zero-order valence-corrected chi connectivity index (χ0v) is 11.4. The van der Waals surface area contributed by atoms with Crippen molar-refractivity contribution in [1.29, 1.82) is 0 Å². The maximum Gasteiger partial charge on any atom is 0.208 e. The molecule has 1 aromatic rings. The quantitative estimate of drug-likeness (QED) is 0.768. The summed E-state index contributed by atoms with van der Waals surface area (Å²) in [5.74, 6) is 0.217. The van der Waals surface area contributed by atoms with Gasteiger partial charge in [0.2, 0.25) is 7.37 Å². The highest BCUT2D eigenvalue weighted by Gasteiger charge is 2.32. The number of hydrogen-bond acceptors (Lipinski definition) is 2. The van der Waals surface area contributed by atoms with Gasteiger partial charge >= 0.3 is 0 Å². The van der Waals surface area contributed by atoms with Crippen molar-refractivity contribution in [3.63, 3.8) is 0 Å². The topological polar surface area (TPSA) is 63.3 Å². The van der Waals surface area contributed by atoms with E-state index in [1.54, 1.807) is 0 Å². The van der Waals surface area contributed by atoms with E-state index in [-0.39, 0.29) is 11.6 Å². The first-order chi connectivity index (χ1) is 7.97. The summed E-state index contributed by atoms with van der Waals surface area (Å²) in [5.41, 5.74) is 6.16. The van der Waals surface area contributed by atoms with Gasteiger partial charge in [-0.3, -0.25) is 4.57 Å². The van der Waals surface area contributed by atoms with Crippen LogP contribution in [-0.2, 0) is 4.57 Å². The van der Waals surface area contributed by atoms with E-state index in [2.05, 4.69) is 0 Å². The largest absolute Gasteiger partial charge is 0.344 e. The smallest absolute Gasteiger partial charge is 0.208 e. The minimum Gasteiger partial charge on any atom is -0.344 e. The van der Waals surface area contributed by atoms with E-state index >= 15 is 0 Å². The summed E-state index contributed by atoms with van der Waals surface area (Å²) in [6, 6.07) is 9.52. The fraction of sp³-hybridized carbons (Fsp3) is 0.538. The Balaban J connectivity index is 2.97. The van der Waals surface area contributed by atoms with Gasteiger partial charge in [0, 0.05) is 6.16 Å². The number of rotatable bonds is 6. The molecular formula is C13H22NO2P. The minimum atomic E-state index is -3.18. The molecule has 2 unspecified atom stereocenters. The molecule has 0 spiro atoms. The highest BCUT2D eigenvalue weighted by atomic mass is 31.2. The lowest BCUT2D eigenvalue weighted by molar-refractivity contribution is 0.451. The molecular weight excluding hydrogens is 233 g/mol. The number of benzene rings is 1. The normalized spacial score (nSPS) is 16.8. The Morgan fingerprint density at radius 3 is 2.35 bits per heavy atom. The van der Waals surface area contributed by atoms with Gasteiger partial charge in [0.1, 0.15) is 0 Å². The maximum atomic E-state index is 12.4. The summed E-state index contributed by atoms with van der Waals surface area (Å²) in [6.45, 7) is 4.36. The van der Waals surface area contributed by atoms with Gasteiger partial charge in [0.15, 0.2) is 0 Å². The number of hydrogen-bond donors (Lipinski definition) is 2. The second-order valence-corrected chi connectivity index (χ2v) is 7.34. The summed E-state index contributed by atoms with van der Waals surface area (Å²) >= 11 is 0. The third-order valence-electron chi connectivity index (χ3n) is 2.74. The predicted molar refractivity (Wildman–Crippen MR) is 72.4 cm³/mol. The van der Waals surface area contributed by atoms with Crippen LogP contribution in [0.5, 0.6) is 0 Å². The Labute approximate surface area is 103 Å². The molecule has 96 valence electrons. The minimum absolute atomic E-state index is 0.217. The molecule has 1 aromatic carbocycles. The molecule has 0 saturated carbocycles. The Morgan fingerprint density at radius 1 is 1.29 bits per heavy atom. The standard InChI is InChI=1S/C13H22NO2P/c1-11(2)10-17(15,16)13(8-9-14)12-6-4-3-5-7-12/h3-7,11,13H,8-10,14H2,1-2H3,(H,15,16). The molecule has 0 bridgehead atoms. The van der Waals surface area contributed by atoms with Crippen molar-refractivity contribution in [3.05, 3.63) is 35.9 Å². The summed E-state index contributed by atoms with van der Waals surface area (Å²) in [5, 5.41) is 0. The SMILES string of the molecule is CC(C)CP(=O)(O)C(CCN)c1ccccc1. The first-order valence-electron chi connectivity index (χ1n) is 6.04. The van der Waals surface area contributed by atoms with Gasteiger partial charge in [-0.2, -0.15) is 0 Å². The van der Waals surface area contributed by atoms with Gasteiger partial charge in [-0.1, -0.05) is 44.2 Å². The van der Waals surface area contributed by atoms with Crippen LogP contribution in [-0.4, -0.2) is 17.6 Å². The van der Waals surface area contributed by atoms with Crippen molar-refractivity contribution in [3.8, 4) is 0 Å². The Hall–Kier alpha value is -0.630. The van der Waals surface area contributed by atoms with Crippen LogP contribution in [0.15, 0.2) is 30.3 Å². The van der Waals surface area contributed by atoms with Crippen molar-refractivity contribution in [2.45, 2.75) is 25.9 Å². The molecule has 0 fully saturated rings. The van der Waals surface area contributed by atoms with Gasteiger partial charge in [-0.15, -0.1) is 0 Å². The van der Waals surface area contributed by atoms with Crippen LogP contribution in [0.3, 0.4) is 0 Å². The number of nitrogens with two attached hydrogens (primary N) is 1. The molecule has 4 heteroatoms. The van der Waals surface area contributed by atoms with Gasteiger partial charge in [0.05, 0.1) is 5.66 Å². The van der Waals surface area contributed by atoms with E-state index in [1.807, 2.05) is 44.2 Å². The van der Waals surface area contributed by atoms with E-state index in [0.29, 0.717) is 19.1 Å². The van der Waals surface area contributed by atoms with Crippen molar-refractivity contribution in [1.82, 2.24) is 0 Å². The zero-order valence-electron chi connectivity index (χ0n) is 10.5. The zero-order chi connectivity index (χ0) is 12.9. The third kappa shape index (κ3) is 4.27. The van der Waals surface area contributed by atoms with Crippen molar-refractivity contribution >= 4 is 7.37 Å². The third-order valence-corrected chi connectivity index (χ3v) is 5.52. The summed E-state index contributed by atoms with van der Waals surface area (Å²) in [4.78, 5) is 10.2. The molecule has 1 rings (SSSR count). The highest BCUT2D eigenvalue weighted by molar-refractivity contribution is 7.58. The summed E-state index contributed by atoms with van der Waals surface area (Å²) < 4.78 is 12.4. The van der Waals surface area contributed by atoms with Crippen molar-refractivity contribution in [2.24, 2.45) is 11.7 Å². The lowest BCUT2D eigenvalue weighted by Gasteiger charge is -2.24. The molecule has 0 aliphatic rings. The van der Waals surface area contributed by atoms with Gasteiger partial charge in [-0.25, -0.2) is 0 Å². The van der Waals surface area contributed by atoms with E-state index in [0.717, 1.165) is 5.56 Å². The second kappa shape index (κ2) is 6.34. The van der Waals surface area contributed by atoms with Crippen LogP contribution in [0.1, 0.15) is 31.5 Å². The first-order valence-corrected chi connectivity index (χ1v) is 7.95. The van der Waals surface area contributed by atoms with Gasteiger partial charge in [0.25, 0.3) is 0 Å². The van der Waals surface area contributed by atoms with Crippen LogP contribution in [0.2, 0.25) is 0 Å². The summed E-state index contributed by atoms with van der Waals surface area (Å²) in [7, 11) is -3.18. The van der Waals surface area contributed by atoms with Crippen LogP contribution < -0.4 is 5.73 Å². The lowest BCUT2D eigenvalue weighted by Crippen LogP contribution is -2.11. The van der Waals surface area contributed by atoms with E-state index in [9.17, 15) is 9.46 Å². The molecule has 0 aliphatic heterocycles. The molecule has 0 saturated heterocycles. The Bertz CT molecular complexity index is 378. The molecule has 0 aliphatic carbocycles. The molecule has 3 N–H and O–H groups in total. The summed E-state index contributed by atoms with van der Waals surface area (Å²) in [6.07, 6.45) is 0.914. The van der Waals surface area contributed by atoms with Crippen molar-refractivity contribution in [2.75, 3.05) is 12.7 Å². The van der Waals surface area contributed by atoms with Gasteiger partial charge in [-0.05, 0) is 24.4 Å². The monoisotopic (exact) mass is 255 g/mol. The Morgan fingerprint density at radius 2 is 1.88 bits per heavy atom. The average Bonchev–Trinajstić information content (AvgIpc) is 2.25. The average molecular weight is 255 g/mol. The second-order valence-electron chi connectivity index (χ2n) is 4.84. The molecule has 17 heavy (non-hydrogen) atoms. The molecule has 2 atom stereocenters. The molecule has 0 amide bonds. The van der Waals surface area contributed by atoms with E-state index < -0.39 is 7.37 Å². The maximum absolute atomic E-state index is 12.4. The van der Waals surface area contributed by atoms with Crippen LogP contribution in [0.4, 0.5) is 0 Å². The van der Waals surface area contributed by atoms with Crippen molar-refractivity contribution < 1.29 is 9.46 Å². The predicted octanol–water partition coefficient (Wildman–Crippen LogP) is 3.00. The molecule has 3 nitrogen and oxygen atoms in total. The highest BCUT2D eigenvalue weighted by Crippen LogP contribution is 2.57. The fourth-order valence-electron chi connectivity index (χ4n) is 2.08. The van der Waals surface area contributed by atoms with E-state index in [4.69, 9.17) is 5.73 Å². The van der Waals surface area contributed by atoms with Gasteiger partial charge < -0.3 is 10.6 Å². The van der Waals surface area contributed by atoms with Crippen LogP contribution in [0.25, 0.3) is 0 Å². The fourth-order valence-corrected chi connectivity index (χ4v) is 4.58. The first kappa shape index (κ1) is 14.4. The van der Waals surface area contributed by atoms with Crippen LogP contribution >= 0.6 is 7.37 Å². The molecule has 0 radical (unpaired) electrons. The molecule has 0 aromatic heterocycles. The van der Waals surface area contributed by atoms with E-state index in [1.165, 1.54) is 0 Å². The van der Waals surface area contributed by atoms with Crippen LogP contribution in [0, 0.1) is 5.92 Å². The molecule has 0 heterocycles. The Kier molecular flexibility index (Phi) is 5.38. The lowest BCUT2D eigenvalue weighted by atomic mass is 10.1.